The molecular formula is C6H14N2O2S. The van der Waals surface area contributed by atoms with Gasteiger partial charge >= 0.3 is 0 Å². The van der Waals surface area contributed by atoms with E-state index in [4.69, 9.17) is 0 Å². The van der Waals surface area contributed by atoms with Gasteiger partial charge in [-0.2, -0.15) is 0 Å². The zero-order chi connectivity index (χ0) is 8.10. The standard InChI is InChI=1S/C6H14N2O2S/c9-11(10)8-6-2-1-4-7-5-3-6/h6-7,11H,1-5H2,(H,8,9,10). The van der Waals surface area contributed by atoms with E-state index in [1.807, 2.05) is 0 Å². The van der Waals surface area contributed by atoms with Crippen LogP contribution in [0.1, 0.15) is 19.3 Å². The van der Waals surface area contributed by atoms with Crippen LogP contribution in [0.15, 0.2) is 0 Å². The molecule has 0 radical (unpaired) electrons. The van der Waals surface area contributed by atoms with E-state index >= 15 is 0 Å². The SMILES string of the molecule is O=[SH](=O)NC1CCCNCC1. The lowest BCUT2D eigenvalue weighted by molar-refractivity contribution is 0.530. The molecule has 0 aromatic rings. The largest absolute Gasteiger partial charge is 0.317 e. The quantitative estimate of drug-likeness (QED) is 0.487. The van der Waals surface area contributed by atoms with Gasteiger partial charge in [-0.3, -0.25) is 0 Å². The minimum Gasteiger partial charge on any atom is -0.317 e. The van der Waals surface area contributed by atoms with Crippen molar-refractivity contribution in [1.29, 1.82) is 0 Å². The van der Waals surface area contributed by atoms with E-state index in [-0.39, 0.29) is 6.04 Å². The van der Waals surface area contributed by atoms with Gasteiger partial charge in [0.1, 0.15) is 0 Å². The van der Waals surface area contributed by atoms with Crippen LogP contribution < -0.4 is 10.0 Å². The molecule has 0 amide bonds. The summed E-state index contributed by atoms with van der Waals surface area (Å²) in [5, 5.41) is 3.21. The average molecular weight is 178 g/mol. The van der Waals surface area contributed by atoms with E-state index in [0.717, 1.165) is 32.4 Å². The lowest BCUT2D eigenvalue weighted by Crippen LogP contribution is -2.28. The molecule has 1 aliphatic heterocycles. The minimum absolute atomic E-state index is 0.158. The van der Waals surface area contributed by atoms with E-state index in [2.05, 4.69) is 10.0 Å². The lowest BCUT2D eigenvalue weighted by atomic mass is 10.1. The molecule has 66 valence electrons. The van der Waals surface area contributed by atoms with Gasteiger partial charge in [-0.25, -0.2) is 13.1 Å². The zero-order valence-electron chi connectivity index (χ0n) is 6.38. The van der Waals surface area contributed by atoms with Crippen LogP contribution in [-0.2, 0) is 10.9 Å². The third kappa shape index (κ3) is 3.69. The fourth-order valence-electron chi connectivity index (χ4n) is 1.30. The molecule has 2 N–H and O–H groups in total. The summed E-state index contributed by atoms with van der Waals surface area (Å²) in [7, 11) is -2.41. The molecule has 1 rings (SSSR count). The molecule has 11 heavy (non-hydrogen) atoms. The predicted octanol–water partition coefficient (Wildman–Crippen LogP) is -0.755. The molecule has 0 aliphatic carbocycles. The zero-order valence-corrected chi connectivity index (χ0v) is 7.27. The van der Waals surface area contributed by atoms with Gasteiger partial charge in [0.2, 0.25) is 10.9 Å². The van der Waals surface area contributed by atoms with E-state index in [0.29, 0.717) is 0 Å². The number of rotatable bonds is 2. The number of thiol groups is 1. The third-order valence-corrected chi connectivity index (χ3v) is 2.44. The third-order valence-electron chi connectivity index (χ3n) is 1.86. The molecule has 1 aliphatic rings. The molecule has 0 aromatic carbocycles. The van der Waals surface area contributed by atoms with E-state index in [1.54, 1.807) is 0 Å². The fraction of sp³-hybridized carbons (Fsp3) is 1.00. The van der Waals surface area contributed by atoms with Crippen molar-refractivity contribution in [2.24, 2.45) is 0 Å². The van der Waals surface area contributed by atoms with Gasteiger partial charge in [0.25, 0.3) is 0 Å². The lowest BCUT2D eigenvalue weighted by Gasteiger charge is -2.09. The molecule has 0 saturated carbocycles. The maximum absolute atomic E-state index is 10.3. The van der Waals surface area contributed by atoms with E-state index in [1.165, 1.54) is 0 Å². The Morgan fingerprint density at radius 2 is 2.09 bits per heavy atom. The Balaban J connectivity index is 2.30. The Morgan fingerprint density at radius 1 is 1.27 bits per heavy atom. The molecule has 1 saturated heterocycles. The van der Waals surface area contributed by atoms with Gasteiger partial charge in [0.05, 0.1) is 0 Å². The van der Waals surface area contributed by atoms with Crippen LogP contribution in [0.3, 0.4) is 0 Å². The summed E-state index contributed by atoms with van der Waals surface area (Å²) in [6.07, 6.45) is 2.92. The normalized spacial score (nSPS) is 26.8. The van der Waals surface area contributed by atoms with Gasteiger partial charge in [0.15, 0.2) is 0 Å². The second kappa shape index (κ2) is 4.69. The Hall–Kier alpha value is -0.130. The summed E-state index contributed by atoms with van der Waals surface area (Å²) in [5.74, 6) is 0. The maximum Gasteiger partial charge on any atom is 0.201 e. The van der Waals surface area contributed by atoms with Crippen LogP contribution in [-0.4, -0.2) is 27.5 Å². The van der Waals surface area contributed by atoms with Gasteiger partial charge in [-0.05, 0) is 32.4 Å². The number of nitrogens with one attached hydrogen (secondary N) is 2. The molecule has 5 heteroatoms. The van der Waals surface area contributed by atoms with Crippen LogP contribution in [0.25, 0.3) is 0 Å². The van der Waals surface area contributed by atoms with Crippen LogP contribution in [0.2, 0.25) is 0 Å². The first-order valence-electron chi connectivity index (χ1n) is 3.90. The molecular weight excluding hydrogens is 164 g/mol. The summed E-state index contributed by atoms with van der Waals surface area (Å²) in [4.78, 5) is 0. The molecule has 1 atom stereocenters. The van der Waals surface area contributed by atoms with Gasteiger partial charge in [-0.1, -0.05) is 0 Å². The van der Waals surface area contributed by atoms with Crippen molar-refractivity contribution < 1.29 is 8.42 Å². The Bertz CT molecular complexity index is 165. The number of hydrogen-bond acceptors (Lipinski definition) is 3. The van der Waals surface area contributed by atoms with Crippen molar-refractivity contribution in [3.05, 3.63) is 0 Å². The second-order valence-corrected chi connectivity index (χ2v) is 3.54. The van der Waals surface area contributed by atoms with Crippen LogP contribution in [0, 0.1) is 0 Å². The van der Waals surface area contributed by atoms with E-state index in [9.17, 15) is 8.42 Å². The highest BCUT2D eigenvalue weighted by atomic mass is 32.2. The van der Waals surface area contributed by atoms with Crippen LogP contribution >= 0.6 is 0 Å². The molecule has 0 bridgehead atoms. The highest BCUT2D eigenvalue weighted by Gasteiger charge is 2.10. The summed E-state index contributed by atoms with van der Waals surface area (Å²) < 4.78 is 23.1. The topological polar surface area (TPSA) is 58.2 Å². The molecule has 1 fully saturated rings. The molecule has 1 unspecified atom stereocenters. The number of hydrogen-bond donors (Lipinski definition) is 3. The first-order valence-corrected chi connectivity index (χ1v) is 5.08. The van der Waals surface area contributed by atoms with Gasteiger partial charge in [0, 0.05) is 6.04 Å². The fourth-order valence-corrected chi connectivity index (χ4v) is 1.85. The first-order chi connectivity index (χ1) is 5.29. The Morgan fingerprint density at radius 3 is 2.82 bits per heavy atom. The van der Waals surface area contributed by atoms with E-state index < -0.39 is 10.9 Å². The average Bonchev–Trinajstić information content (AvgIpc) is 2.14. The summed E-state index contributed by atoms with van der Waals surface area (Å²) in [6.45, 7) is 1.93. The summed E-state index contributed by atoms with van der Waals surface area (Å²) in [6, 6.07) is 0.158. The van der Waals surface area contributed by atoms with Crippen LogP contribution in [0.4, 0.5) is 0 Å². The maximum atomic E-state index is 10.3. The monoisotopic (exact) mass is 178 g/mol. The van der Waals surface area contributed by atoms with Crippen molar-refractivity contribution >= 4 is 10.9 Å². The molecule has 0 aromatic heterocycles. The van der Waals surface area contributed by atoms with Crippen molar-refractivity contribution in [2.45, 2.75) is 25.3 Å². The van der Waals surface area contributed by atoms with Crippen molar-refractivity contribution in [1.82, 2.24) is 10.0 Å². The molecule has 0 spiro atoms. The van der Waals surface area contributed by atoms with Crippen molar-refractivity contribution in [2.75, 3.05) is 13.1 Å². The minimum atomic E-state index is -2.41. The van der Waals surface area contributed by atoms with Gasteiger partial charge in [-0.15, -0.1) is 0 Å². The Kier molecular flexibility index (Phi) is 3.82. The smallest absolute Gasteiger partial charge is 0.201 e. The van der Waals surface area contributed by atoms with Crippen LogP contribution in [0.5, 0.6) is 0 Å². The van der Waals surface area contributed by atoms with Crippen molar-refractivity contribution in [3.8, 4) is 0 Å². The summed E-state index contributed by atoms with van der Waals surface area (Å²) >= 11 is 0. The highest BCUT2D eigenvalue weighted by molar-refractivity contribution is 7.70. The predicted molar refractivity (Wildman–Crippen MR) is 44.0 cm³/mol. The summed E-state index contributed by atoms with van der Waals surface area (Å²) in [5.41, 5.74) is 0. The highest BCUT2D eigenvalue weighted by Crippen LogP contribution is 2.03. The molecule has 4 nitrogen and oxygen atoms in total. The second-order valence-electron chi connectivity index (χ2n) is 2.76. The first kappa shape index (κ1) is 8.96. The van der Waals surface area contributed by atoms with Gasteiger partial charge < -0.3 is 5.32 Å². The molecule has 1 heterocycles. The Labute approximate surface area is 68.5 Å². The van der Waals surface area contributed by atoms with Crippen molar-refractivity contribution in [3.63, 3.8) is 0 Å².